The maximum absolute atomic E-state index is 11.3. The number of morpholine rings is 1. The fourth-order valence-corrected chi connectivity index (χ4v) is 2.63. The SMILES string of the molecule is CC1CN(c2c([N+](=O)[O-])cc(C#N)cc2[N+](=O)[O-])CC(C)O1. The first kappa shape index (κ1) is 15.7. The largest absolute Gasteiger partial charge is 0.372 e. The van der Waals surface area contributed by atoms with E-state index in [0.717, 1.165) is 12.1 Å². The monoisotopic (exact) mass is 306 g/mol. The van der Waals surface area contributed by atoms with Crippen LogP contribution in [0, 0.1) is 31.6 Å². The molecule has 1 saturated heterocycles. The minimum absolute atomic E-state index is 0.0731. The van der Waals surface area contributed by atoms with Crippen LogP contribution in [0.3, 0.4) is 0 Å². The topological polar surface area (TPSA) is 123 Å². The molecule has 1 aliphatic heterocycles. The number of nitrogens with zero attached hydrogens (tertiary/aromatic N) is 4. The summed E-state index contributed by atoms with van der Waals surface area (Å²) in [6.07, 6.45) is -0.419. The Kier molecular flexibility index (Phi) is 4.23. The Labute approximate surface area is 126 Å². The van der Waals surface area contributed by atoms with E-state index in [1.165, 1.54) is 0 Å². The lowest BCUT2D eigenvalue weighted by Gasteiger charge is -2.36. The molecule has 1 aliphatic rings. The number of nitro benzene ring substituents is 2. The molecule has 9 nitrogen and oxygen atoms in total. The molecule has 0 aliphatic carbocycles. The molecule has 1 aromatic rings. The summed E-state index contributed by atoms with van der Waals surface area (Å²) < 4.78 is 5.55. The molecule has 9 heteroatoms. The summed E-state index contributed by atoms with van der Waals surface area (Å²) in [6, 6.07) is 3.84. The second kappa shape index (κ2) is 5.95. The van der Waals surface area contributed by atoms with Gasteiger partial charge in [0, 0.05) is 25.2 Å². The highest BCUT2D eigenvalue weighted by molar-refractivity contribution is 5.77. The summed E-state index contributed by atoms with van der Waals surface area (Å²) in [6.45, 7) is 4.20. The summed E-state index contributed by atoms with van der Waals surface area (Å²) in [5, 5.41) is 31.5. The molecule has 0 aromatic heterocycles. The van der Waals surface area contributed by atoms with Crippen molar-refractivity contribution >= 4 is 17.1 Å². The molecule has 0 radical (unpaired) electrons. The van der Waals surface area contributed by atoms with Crippen LogP contribution in [-0.4, -0.2) is 35.1 Å². The van der Waals surface area contributed by atoms with Crippen LogP contribution in [0.1, 0.15) is 19.4 Å². The predicted octanol–water partition coefficient (Wildman–Crippen LogP) is 1.99. The van der Waals surface area contributed by atoms with Crippen LogP contribution in [-0.2, 0) is 4.74 Å². The van der Waals surface area contributed by atoms with E-state index in [1.807, 2.05) is 0 Å². The Morgan fingerprint density at radius 3 is 2.00 bits per heavy atom. The van der Waals surface area contributed by atoms with Crippen LogP contribution in [0.15, 0.2) is 12.1 Å². The smallest absolute Gasteiger partial charge is 0.300 e. The molecule has 22 heavy (non-hydrogen) atoms. The number of hydrogen-bond acceptors (Lipinski definition) is 7. The third-order valence-corrected chi connectivity index (χ3v) is 3.33. The first-order chi connectivity index (χ1) is 10.3. The van der Waals surface area contributed by atoms with Gasteiger partial charge in [-0.3, -0.25) is 20.2 Å². The van der Waals surface area contributed by atoms with E-state index in [4.69, 9.17) is 10.00 Å². The van der Waals surface area contributed by atoms with Gasteiger partial charge in [0.25, 0.3) is 0 Å². The fourth-order valence-electron chi connectivity index (χ4n) is 2.63. The molecular weight excluding hydrogens is 292 g/mol. The van der Waals surface area contributed by atoms with E-state index >= 15 is 0 Å². The van der Waals surface area contributed by atoms with Crippen molar-refractivity contribution in [3.63, 3.8) is 0 Å². The summed E-state index contributed by atoms with van der Waals surface area (Å²) in [7, 11) is 0. The van der Waals surface area contributed by atoms with Crippen molar-refractivity contribution in [1.82, 2.24) is 0 Å². The number of nitro groups is 2. The lowest BCUT2D eigenvalue weighted by molar-refractivity contribution is -0.392. The Balaban J connectivity index is 2.64. The van der Waals surface area contributed by atoms with Crippen molar-refractivity contribution in [1.29, 1.82) is 5.26 Å². The molecule has 0 spiro atoms. The van der Waals surface area contributed by atoms with E-state index < -0.39 is 21.2 Å². The zero-order valence-corrected chi connectivity index (χ0v) is 12.1. The van der Waals surface area contributed by atoms with Crippen LogP contribution in [0.2, 0.25) is 0 Å². The molecule has 1 aromatic carbocycles. The molecule has 2 atom stereocenters. The van der Waals surface area contributed by atoms with Crippen LogP contribution >= 0.6 is 0 Å². The van der Waals surface area contributed by atoms with Gasteiger partial charge in [0.05, 0.1) is 33.7 Å². The third kappa shape index (κ3) is 2.96. The molecule has 1 heterocycles. The average Bonchev–Trinajstić information content (AvgIpc) is 2.44. The molecule has 116 valence electrons. The van der Waals surface area contributed by atoms with Gasteiger partial charge in [0.15, 0.2) is 5.69 Å². The normalized spacial score (nSPS) is 21.2. The second-order valence-corrected chi connectivity index (χ2v) is 5.15. The highest BCUT2D eigenvalue weighted by atomic mass is 16.6. The fraction of sp³-hybridized carbons (Fsp3) is 0.462. The van der Waals surface area contributed by atoms with Gasteiger partial charge in [0.1, 0.15) is 0 Å². The van der Waals surface area contributed by atoms with Crippen molar-refractivity contribution in [2.45, 2.75) is 26.1 Å². The van der Waals surface area contributed by atoms with E-state index in [9.17, 15) is 20.2 Å². The van der Waals surface area contributed by atoms with Crippen molar-refractivity contribution in [2.75, 3.05) is 18.0 Å². The highest BCUT2D eigenvalue weighted by Crippen LogP contribution is 2.39. The Hall–Kier alpha value is -2.73. The Morgan fingerprint density at radius 2 is 1.64 bits per heavy atom. The average molecular weight is 306 g/mol. The first-order valence-corrected chi connectivity index (χ1v) is 6.60. The number of ether oxygens (including phenoxy) is 1. The molecule has 0 saturated carbocycles. The molecule has 0 N–H and O–H groups in total. The van der Waals surface area contributed by atoms with Crippen molar-refractivity contribution in [3.8, 4) is 6.07 Å². The van der Waals surface area contributed by atoms with E-state index in [0.29, 0.717) is 13.1 Å². The molecule has 0 bridgehead atoms. The lowest BCUT2D eigenvalue weighted by atomic mass is 10.1. The highest BCUT2D eigenvalue weighted by Gasteiger charge is 2.34. The maximum Gasteiger partial charge on any atom is 0.300 e. The molecule has 2 rings (SSSR count). The summed E-state index contributed by atoms with van der Waals surface area (Å²) in [5.74, 6) is 0. The van der Waals surface area contributed by atoms with Gasteiger partial charge >= 0.3 is 11.4 Å². The summed E-state index contributed by atoms with van der Waals surface area (Å²) in [4.78, 5) is 22.8. The number of nitriles is 1. The number of hydrogen-bond donors (Lipinski definition) is 0. The number of rotatable bonds is 3. The van der Waals surface area contributed by atoms with Gasteiger partial charge in [-0.05, 0) is 13.8 Å². The molecule has 0 amide bonds. The standard InChI is InChI=1S/C13H14N4O5/c1-8-6-15(7-9(2)22-8)13-11(16(18)19)3-10(5-14)4-12(13)17(20)21/h3-4,8-9H,6-7H2,1-2H3. The number of anilines is 1. The zero-order valence-electron chi connectivity index (χ0n) is 12.1. The van der Waals surface area contributed by atoms with E-state index in [-0.39, 0.29) is 23.5 Å². The van der Waals surface area contributed by atoms with Crippen LogP contribution < -0.4 is 4.90 Å². The van der Waals surface area contributed by atoms with Crippen LogP contribution in [0.5, 0.6) is 0 Å². The number of benzene rings is 1. The van der Waals surface area contributed by atoms with Gasteiger partial charge in [0.2, 0.25) is 0 Å². The van der Waals surface area contributed by atoms with Crippen molar-refractivity contribution < 1.29 is 14.6 Å². The van der Waals surface area contributed by atoms with Crippen LogP contribution in [0.25, 0.3) is 0 Å². The van der Waals surface area contributed by atoms with Gasteiger partial charge < -0.3 is 9.64 Å². The molecule has 1 fully saturated rings. The minimum Gasteiger partial charge on any atom is -0.372 e. The van der Waals surface area contributed by atoms with Crippen molar-refractivity contribution in [2.24, 2.45) is 0 Å². The first-order valence-electron chi connectivity index (χ1n) is 6.60. The summed E-state index contributed by atoms with van der Waals surface area (Å²) in [5.41, 5.74) is -1.06. The Bertz CT molecular complexity index is 624. The van der Waals surface area contributed by atoms with Gasteiger partial charge in [-0.25, -0.2) is 0 Å². The van der Waals surface area contributed by atoms with Gasteiger partial charge in [-0.2, -0.15) is 5.26 Å². The Morgan fingerprint density at radius 1 is 1.18 bits per heavy atom. The second-order valence-electron chi connectivity index (χ2n) is 5.15. The molecule has 2 unspecified atom stereocenters. The predicted molar refractivity (Wildman–Crippen MR) is 76.7 cm³/mol. The van der Waals surface area contributed by atoms with Gasteiger partial charge in [-0.1, -0.05) is 0 Å². The lowest BCUT2D eigenvalue weighted by Crippen LogP contribution is -2.45. The van der Waals surface area contributed by atoms with Gasteiger partial charge in [-0.15, -0.1) is 0 Å². The summed E-state index contributed by atoms with van der Waals surface area (Å²) >= 11 is 0. The minimum atomic E-state index is -0.700. The van der Waals surface area contributed by atoms with Crippen molar-refractivity contribution in [3.05, 3.63) is 37.9 Å². The van der Waals surface area contributed by atoms with E-state index in [1.54, 1.807) is 24.8 Å². The van der Waals surface area contributed by atoms with Crippen LogP contribution in [0.4, 0.5) is 17.1 Å². The third-order valence-electron chi connectivity index (χ3n) is 3.33. The van der Waals surface area contributed by atoms with E-state index in [2.05, 4.69) is 0 Å². The maximum atomic E-state index is 11.3. The molecular formula is C13H14N4O5. The quantitative estimate of drug-likeness (QED) is 0.618. The zero-order chi connectivity index (χ0) is 16.4.